The van der Waals surface area contributed by atoms with Gasteiger partial charge in [0.25, 0.3) is 10.2 Å². The Balaban J connectivity index is 2.44. The van der Waals surface area contributed by atoms with E-state index in [2.05, 4.69) is 10.0 Å². The number of rotatable bonds is 9. The zero-order valence-corrected chi connectivity index (χ0v) is 13.3. The van der Waals surface area contributed by atoms with Gasteiger partial charge in [-0.05, 0) is 32.0 Å². The molecule has 0 aliphatic heterocycles. The first-order chi connectivity index (χ1) is 9.45. The van der Waals surface area contributed by atoms with Crippen LogP contribution in [0, 0.1) is 6.92 Å². The molecule has 0 fully saturated rings. The molecule has 0 spiro atoms. The second-order valence-electron chi connectivity index (χ2n) is 4.84. The van der Waals surface area contributed by atoms with Crippen molar-refractivity contribution in [1.29, 1.82) is 0 Å². The van der Waals surface area contributed by atoms with Gasteiger partial charge in [-0.1, -0.05) is 36.8 Å². The largest absolute Gasteiger partial charge is 0.317 e. The molecule has 1 aromatic carbocycles. The van der Waals surface area contributed by atoms with Gasteiger partial charge in [-0.2, -0.15) is 17.4 Å². The lowest BCUT2D eigenvalue weighted by Gasteiger charge is -2.17. The first-order valence-corrected chi connectivity index (χ1v) is 8.37. The zero-order chi connectivity index (χ0) is 15.0. The van der Waals surface area contributed by atoms with E-state index in [1.165, 1.54) is 4.31 Å². The van der Waals surface area contributed by atoms with Crippen LogP contribution in [-0.2, 0) is 16.8 Å². The molecule has 20 heavy (non-hydrogen) atoms. The van der Waals surface area contributed by atoms with Crippen molar-refractivity contribution in [2.45, 2.75) is 26.8 Å². The molecule has 0 aliphatic rings. The van der Waals surface area contributed by atoms with E-state index in [4.69, 9.17) is 0 Å². The van der Waals surface area contributed by atoms with Crippen LogP contribution in [0.3, 0.4) is 0 Å². The molecule has 1 rings (SSSR count). The predicted molar refractivity (Wildman–Crippen MR) is 82.7 cm³/mol. The summed E-state index contributed by atoms with van der Waals surface area (Å²) in [4.78, 5) is 0. The maximum absolute atomic E-state index is 12.0. The van der Waals surface area contributed by atoms with E-state index in [0.29, 0.717) is 13.1 Å². The Kier molecular flexibility index (Phi) is 7.15. The van der Waals surface area contributed by atoms with Crippen molar-refractivity contribution in [3.05, 3.63) is 35.4 Å². The van der Waals surface area contributed by atoms with Crippen LogP contribution in [-0.4, -0.2) is 39.4 Å². The summed E-state index contributed by atoms with van der Waals surface area (Å²) in [6, 6.07) is 7.82. The minimum absolute atomic E-state index is 0.321. The molecule has 0 saturated carbocycles. The second kappa shape index (κ2) is 8.36. The van der Waals surface area contributed by atoms with E-state index in [1.807, 2.05) is 38.1 Å². The van der Waals surface area contributed by atoms with Crippen molar-refractivity contribution < 1.29 is 8.42 Å². The third-order valence-electron chi connectivity index (χ3n) is 3.03. The minimum Gasteiger partial charge on any atom is -0.317 e. The Labute approximate surface area is 122 Å². The van der Waals surface area contributed by atoms with Crippen LogP contribution in [0.1, 0.15) is 24.5 Å². The monoisotopic (exact) mass is 299 g/mol. The molecule has 0 saturated heterocycles. The summed E-state index contributed by atoms with van der Waals surface area (Å²) < 4.78 is 28.1. The quantitative estimate of drug-likeness (QED) is 0.675. The van der Waals surface area contributed by atoms with Gasteiger partial charge in [-0.15, -0.1) is 0 Å². The van der Waals surface area contributed by atoms with Gasteiger partial charge in [0.2, 0.25) is 0 Å². The molecule has 1 aromatic rings. The average molecular weight is 299 g/mol. The lowest BCUT2D eigenvalue weighted by molar-refractivity contribution is 0.445. The average Bonchev–Trinajstić information content (AvgIpc) is 2.41. The summed E-state index contributed by atoms with van der Waals surface area (Å²) >= 11 is 0. The normalized spacial score (nSPS) is 12.0. The van der Waals surface area contributed by atoms with Gasteiger partial charge in [0.15, 0.2) is 0 Å². The fourth-order valence-electron chi connectivity index (χ4n) is 1.83. The highest BCUT2D eigenvalue weighted by Crippen LogP contribution is 2.05. The Hall–Kier alpha value is -0.950. The molecule has 0 amide bonds. The number of hydrogen-bond acceptors (Lipinski definition) is 3. The SMILES string of the molecule is CCNCCCN(C)S(=O)(=O)NCc1cccc(C)c1. The van der Waals surface area contributed by atoms with E-state index >= 15 is 0 Å². The highest BCUT2D eigenvalue weighted by Gasteiger charge is 2.16. The number of benzene rings is 1. The van der Waals surface area contributed by atoms with Crippen molar-refractivity contribution in [2.24, 2.45) is 0 Å². The molecule has 114 valence electrons. The third-order valence-corrected chi connectivity index (χ3v) is 4.54. The Morgan fingerprint density at radius 1 is 1.30 bits per heavy atom. The molecule has 0 radical (unpaired) electrons. The van der Waals surface area contributed by atoms with Crippen LogP contribution in [0.5, 0.6) is 0 Å². The number of hydrogen-bond donors (Lipinski definition) is 2. The summed E-state index contributed by atoms with van der Waals surface area (Å²) in [6.45, 7) is 6.59. The van der Waals surface area contributed by atoms with Crippen LogP contribution < -0.4 is 10.0 Å². The molecule has 6 heteroatoms. The zero-order valence-electron chi connectivity index (χ0n) is 12.5. The van der Waals surface area contributed by atoms with Crippen LogP contribution in [0.2, 0.25) is 0 Å². The van der Waals surface area contributed by atoms with Gasteiger partial charge in [-0.3, -0.25) is 0 Å². The van der Waals surface area contributed by atoms with Crippen molar-refractivity contribution in [1.82, 2.24) is 14.3 Å². The van der Waals surface area contributed by atoms with Gasteiger partial charge in [-0.25, -0.2) is 0 Å². The first-order valence-electron chi connectivity index (χ1n) is 6.93. The van der Waals surface area contributed by atoms with Gasteiger partial charge in [0.05, 0.1) is 0 Å². The van der Waals surface area contributed by atoms with E-state index in [-0.39, 0.29) is 0 Å². The lowest BCUT2D eigenvalue weighted by atomic mass is 10.1. The van der Waals surface area contributed by atoms with Crippen molar-refractivity contribution in [3.8, 4) is 0 Å². The van der Waals surface area contributed by atoms with Crippen LogP contribution >= 0.6 is 0 Å². The summed E-state index contributed by atoms with van der Waals surface area (Å²) in [7, 11) is -1.80. The van der Waals surface area contributed by atoms with E-state index < -0.39 is 10.2 Å². The van der Waals surface area contributed by atoms with E-state index in [9.17, 15) is 8.42 Å². The molecule has 0 heterocycles. The van der Waals surface area contributed by atoms with Crippen molar-refractivity contribution >= 4 is 10.2 Å². The molecule has 0 atom stereocenters. The van der Waals surface area contributed by atoms with Gasteiger partial charge >= 0.3 is 0 Å². The smallest absolute Gasteiger partial charge is 0.279 e. The number of nitrogens with zero attached hydrogens (tertiary/aromatic N) is 1. The molecule has 0 unspecified atom stereocenters. The van der Waals surface area contributed by atoms with Gasteiger partial charge in [0, 0.05) is 20.1 Å². The molecule has 2 N–H and O–H groups in total. The Bertz CT molecular complexity index is 503. The molecular formula is C14H25N3O2S. The van der Waals surface area contributed by atoms with Crippen LogP contribution in [0.15, 0.2) is 24.3 Å². The number of aryl methyl sites for hydroxylation is 1. The molecular weight excluding hydrogens is 274 g/mol. The fourth-order valence-corrected chi connectivity index (χ4v) is 2.77. The highest BCUT2D eigenvalue weighted by atomic mass is 32.2. The molecule has 0 bridgehead atoms. The van der Waals surface area contributed by atoms with Gasteiger partial charge < -0.3 is 5.32 Å². The maximum Gasteiger partial charge on any atom is 0.279 e. The van der Waals surface area contributed by atoms with Crippen molar-refractivity contribution in [3.63, 3.8) is 0 Å². The highest BCUT2D eigenvalue weighted by molar-refractivity contribution is 7.87. The van der Waals surface area contributed by atoms with Gasteiger partial charge in [0.1, 0.15) is 0 Å². The molecule has 5 nitrogen and oxygen atoms in total. The summed E-state index contributed by atoms with van der Waals surface area (Å²) in [5, 5.41) is 3.18. The van der Waals surface area contributed by atoms with Crippen LogP contribution in [0.4, 0.5) is 0 Å². The van der Waals surface area contributed by atoms with E-state index in [0.717, 1.165) is 30.6 Å². The standard InChI is InChI=1S/C14H25N3O2S/c1-4-15-9-6-10-17(3)20(18,19)16-12-14-8-5-7-13(2)11-14/h5,7-8,11,15-16H,4,6,9-10,12H2,1-3H3. The molecule has 0 aromatic heterocycles. The summed E-state index contributed by atoms with van der Waals surface area (Å²) in [5.41, 5.74) is 2.09. The summed E-state index contributed by atoms with van der Waals surface area (Å²) in [5.74, 6) is 0. The fraction of sp³-hybridized carbons (Fsp3) is 0.571. The summed E-state index contributed by atoms with van der Waals surface area (Å²) in [6.07, 6.45) is 0.801. The second-order valence-corrected chi connectivity index (χ2v) is 6.71. The Morgan fingerprint density at radius 2 is 2.05 bits per heavy atom. The lowest BCUT2D eigenvalue weighted by Crippen LogP contribution is -2.39. The topological polar surface area (TPSA) is 61.4 Å². The molecule has 0 aliphatic carbocycles. The minimum atomic E-state index is -3.40. The predicted octanol–water partition coefficient (Wildman–Crippen LogP) is 1.26. The first kappa shape index (κ1) is 17.1. The number of nitrogens with one attached hydrogen (secondary N) is 2. The van der Waals surface area contributed by atoms with Crippen LogP contribution in [0.25, 0.3) is 0 Å². The Morgan fingerprint density at radius 3 is 2.70 bits per heavy atom. The van der Waals surface area contributed by atoms with Crippen molar-refractivity contribution in [2.75, 3.05) is 26.7 Å². The third kappa shape index (κ3) is 6.00. The maximum atomic E-state index is 12.0. The van der Waals surface area contributed by atoms with E-state index in [1.54, 1.807) is 7.05 Å².